The summed E-state index contributed by atoms with van der Waals surface area (Å²) in [6.07, 6.45) is 3.78. The van der Waals surface area contributed by atoms with Crippen LogP contribution in [0.15, 0.2) is 48.5 Å². The van der Waals surface area contributed by atoms with Gasteiger partial charge in [-0.3, -0.25) is 14.4 Å². The number of carbonyl (C=O) groups is 4. The van der Waals surface area contributed by atoms with Crippen molar-refractivity contribution in [3.8, 4) is 23.8 Å². The third-order valence-corrected chi connectivity index (χ3v) is 6.31. The molecule has 1 aliphatic rings. The van der Waals surface area contributed by atoms with Crippen LogP contribution in [0.25, 0.3) is 0 Å². The van der Waals surface area contributed by atoms with Crippen LogP contribution >= 0.6 is 0 Å². The highest BCUT2D eigenvalue weighted by Gasteiger charge is 2.44. The van der Waals surface area contributed by atoms with Crippen LogP contribution in [0, 0.1) is 17.8 Å². The van der Waals surface area contributed by atoms with E-state index in [0.29, 0.717) is 22.6 Å². The molecule has 0 saturated carbocycles. The number of hydrogen-bond acceptors (Lipinski definition) is 7. The molecule has 1 heterocycles. The number of nitrogens with one attached hydrogen (secondary N) is 2. The van der Waals surface area contributed by atoms with Crippen molar-refractivity contribution in [3.63, 3.8) is 0 Å². The summed E-state index contributed by atoms with van der Waals surface area (Å²) in [7, 11) is 0. The summed E-state index contributed by atoms with van der Waals surface area (Å²) in [6, 6.07) is 11.4. The Morgan fingerprint density at radius 3 is 2.48 bits per heavy atom. The van der Waals surface area contributed by atoms with E-state index in [1.165, 1.54) is 11.8 Å². The van der Waals surface area contributed by atoms with E-state index in [4.69, 9.17) is 15.9 Å². The lowest BCUT2D eigenvalue weighted by Gasteiger charge is -2.35. The number of carbonyl (C=O) groups excluding carboxylic acids is 4. The second-order valence-corrected chi connectivity index (χ2v) is 10.7. The van der Waals surface area contributed by atoms with Crippen molar-refractivity contribution in [2.45, 2.75) is 58.8 Å². The van der Waals surface area contributed by atoms with E-state index in [1.54, 1.807) is 69.3 Å². The Morgan fingerprint density at radius 1 is 1.15 bits per heavy atom. The van der Waals surface area contributed by atoms with Crippen molar-refractivity contribution in [1.82, 2.24) is 15.5 Å². The Morgan fingerprint density at radius 2 is 1.85 bits per heavy atom. The molecule has 2 aromatic carbocycles. The quantitative estimate of drug-likeness (QED) is 0.409. The highest BCUT2D eigenvalue weighted by Crippen LogP contribution is 2.27. The summed E-state index contributed by atoms with van der Waals surface area (Å²) in [4.78, 5) is 52.3. The normalized spacial score (nSPS) is 17.4. The number of benzene rings is 2. The van der Waals surface area contributed by atoms with E-state index in [-0.39, 0.29) is 31.9 Å². The smallest absolute Gasteiger partial charge is 0.413 e. The minimum Gasteiger partial charge on any atom is -0.485 e. The van der Waals surface area contributed by atoms with E-state index in [0.717, 1.165) is 0 Å². The summed E-state index contributed by atoms with van der Waals surface area (Å²) < 4.78 is 10.9. The van der Waals surface area contributed by atoms with Gasteiger partial charge in [0.25, 0.3) is 0 Å². The number of likely N-dealkylation sites (tertiary alicyclic amines) is 1. The third-order valence-electron chi connectivity index (χ3n) is 6.31. The zero-order valence-corrected chi connectivity index (χ0v) is 23.1. The van der Waals surface area contributed by atoms with Gasteiger partial charge in [0, 0.05) is 30.6 Å². The second kappa shape index (κ2) is 13.1. The standard InChI is InChI=1S/C30H35N3O7/c1-6-20-12-13-21(25(14-20)39-18-19(2)34)16-31-27(36)24-15-22(35)17-33(24)28(37)26(30(3,4)5)32-29(38)40-23-10-8-7-9-11-23/h1,7-14,22,24,26,35H,15-18H2,2-5H3,(H,31,36)(H,32,38)/t22-,24+,26-/m1/s1. The van der Waals surface area contributed by atoms with Crippen LogP contribution in [0.2, 0.25) is 0 Å². The molecule has 3 rings (SSSR count). The molecule has 3 N–H and O–H groups in total. The number of amides is 3. The van der Waals surface area contributed by atoms with Gasteiger partial charge in [-0.05, 0) is 36.6 Å². The van der Waals surface area contributed by atoms with Crippen LogP contribution in [0.4, 0.5) is 4.79 Å². The lowest BCUT2D eigenvalue weighted by Crippen LogP contribution is -2.58. The van der Waals surface area contributed by atoms with Gasteiger partial charge in [0.05, 0.1) is 6.10 Å². The Kier molecular flexibility index (Phi) is 9.91. The zero-order chi connectivity index (χ0) is 29.4. The highest BCUT2D eigenvalue weighted by molar-refractivity contribution is 5.92. The summed E-state index contributed by atoms with van der Waals surface area (Å²) in [5.41, 5.74) is 0.405. The van der Waals surface area contributed by atoms with Crippen LogP contribution in [-0.2, 0) is 20.9 Å². The van der Waals surface area contributed by atoms with Gasteiger partial charge in [0.1, 0.15) is 30.2 Å². The lowest BCUT2D eigenvalue weighted by molar-refractivity contribution is -0.142. The Bertz CT molecular complexity index is 1280. The Balaban J connectivity index is 1.73. The molecule has 0 aliphatic carbocycles. The van der Waals surface area contributed by atoms with E-state index in [1.807, 2.05) is 0 Å². The van der Waals surface area contributed by atoms with Gasteiger partial charge in [-0.15, -0.1) is 6.42 Å². The molecule has 0 aromatic heterocycles. The molecule has 0 spiro atoms. The number of β-amino-alcohol motifs (C(OH)–C–C–N with tert-alkyl or cyclic N) is 1. The zero-order valence-electron chi connectivity index (χ0n) is 23.1. The van der Waals surface area contributed by atoms with Crippen LogP contribution in [-0.4, -0.2) is 65.0 Å². The Labute approximate surface area is 234 Å². The van der Waals surface area contributed by atoms with Gasteiger partial charge in [-0.25, -0.2) is 4.79 Å². The van der Waals surface area contributed by atoms with Gasteiger partial charge in [-0.2, -0.15) is 0 Å². The fraction of sp³-hybridized carbons (Fsp3) is 0.400. The lowest BCUT2D eigenvalue weighted by atomic mass is 9.85. The van der Waals surface area contributed by atoms with Gasteiger partial charge in [0.15, 0.2) is 5.78 Å². The molecule has 3 atom stereocenters. The summed E-state index contributed by atoms with van der Waals surface area (Å²) in [5.74, 6) is 2.00. The molecule has 1 fully saturated rings. The molecule has 0 bridgehead atoms. The van der Waals surface area contributed by atoms with Crippen molar-refractivity contribution in [2.75, 3.05) is 13.2 Å². The molecule has 2 aromatic rings. The Hall–Kier alpha value is -4.36. The first-order valence-electron chi connectivity index (χ1n) is 12.9. The molecule has 212 valence electrons. The van der Waals surface area contributed by atoms with E-state index in [9.17, 15) is 24.3 Å². The first kappa shape index (κ1) is 30.2. The molecule has 40 heavy (non-hydrogen) atoms. The first-order chi connectivity index (χ1) is 18.9. The summed E-state index contributed by atoms with van der Waals surface area (Å²) >= 11 is 0. The molecular weight excluding hydrogens is 514 g/mol. The summed E-state index contributed by atoms with van der Waals surface area (Å²) in [5, 5.41) is 15.8. The average Bonchev–Trinajstić information content (AvgIpc) is 3.30. The third kappa shape index (κ3) is 8.07. The number of hydrogen-bond donors (Lipinski definition) is 3. The minimum absolute atomic E-state index is 0.0343. The van der Waals surface area contributed by atoms with Gasteiger partial charge in [-0.1, -0.05) is 51.0 Å². The molecule has 10 nitrogen and oxygen atoms in total. The van der Waals surface area contributed by atoms with Crippen LogP contribution in [0.1, 0.15) is 45.2 Å². The van der Waals surface area contributed by atoms with Crippen molar-refractivity contribution in [3.05, 3.63) is 59.7 Å². The number of rotatable bonds is 9. The van der Waals surface area contributed by atoms with Crippen molar-refractivity contribution >= 4 is 23.7 Å². The predicted octanol–water partition coefficient (Wildman–Crippen LogP) is 2.42. The minimum atomic E-state index is -1.03. The molecule has 0 unspecified atom stereocenters. The topological polar surface area (TPSA) is 134 Å². The first-order valence-corrected chi connectivity index (χ1v) is 12.9. The van der Waals surface area contributed by atoms with Crippen LogP contribution < -0.4 is 20.1 Å². The number of terminal acetylenes is 1. The number of ether oxygens (including phenoxy) is 2. The fourth-order valence-corrected chi connectivity index (χ4v) is 4.27. The molecule has 1 aliphatic heterocycles. The largest absolute Gasteiger partial charge is 0.485 e. The monoisotopic (exact) mass is 549 g/mol. The number of Topliss-reactive ketones (excluding diaryl/α,β-unsaturated/α-hetero) is 1. The SMILES string of the molecule is C#Cc1ccc(CNC(=O)[C@@H]2C[C@@H](O)CN2C(=O)[C@@H](NC(=O)Oc2ccccc2)C(C)(C)C)c(OCC(C)=O)c1. The molecule has 1 saturated heterocycles. The van der Waals surface area contributed by atoms with Crippen LogP contribution in [0.3, 0.4) is 0 Å². The van der Waals surface area contributed by atoms with Crippen LogP contribution in [0.5, 0.6) is 11.5 Å². The molecule has 0 radical (unpaired) electrons. The molecule has 10 heteroatoms. The average molecular weight is 550 g/mol. The van der Waals surface area contributed by atoms with Gasteiger partial charge < -0.3 is 30.1 Å². The summed E-state index contributed by atoms with van der Waals surface area (Å²) in [6.45, 7) is 6.55. The predicted molar refractivity (Wildman–Crippen MR) is 147 cm³/mol. The molecule has 3 amide bonds. The van der Waals surface area contributed by atoms with Gasteiger partial charge in [0.2, 0.25) is 11.8 Å². The number of aliphatic hydroxyl groups excluding tert-OH is 1. The fourth-order valence-electron chi connectivity index (χ4n) is 4.27. The number of nitrogens with zero attached hydrogens (tertiary/aromatic N) is 1. The maximum atomic E-state index is 13.7. The van der Waals surface area contributed by atoms with Crippen molar-refractivity contribution in [1.29, 1.82) is 0 Å². The molecular formula is C30H35N3O7. The second-order valence-electron chi connectivity index (χ2n) is 10.7. The number of aliphatic hydroxyl groups is 1. The van der Waals surface area contributed by atoms with E-state index >= 15 is 0 Å². The maximum Gasteiger partial charge on any atom is 0.413 e. The van der Waals surface area contributed by atoms with Gasteiger partial charge >= 0.3 is 6.09 Å². The number of para-hydroxylation sites is 1. The number of ketones is 1. The highest BCUT2D eigenvalue weighted by atomic mass is 16.6. The van der Waals surface area contributed by atoms with Crippen molar-refractivity contribution in [2.24, 2.45) is 5.41 Å². The van der Waals surface area contributed by atoms with E-state index in [2.05, 4.69) is 16.6 Å². The van der Waals surface area contributed by atoms with Crippen molar-refractivity contribution < 1.29 is 33.8 Å². The maximum absolute atomic E-state index is 13.7. The van der Waals surface area contributed by atoms with E-state index < -0.39 is 41.5 Å².